The summed E-state index contributed by atoms with van der Waals surface area (Å²) in [5.41, 5.74) is 1.76. The van der Waals surface area contributed by atoms with Crippen LogP contribution in [0.5, 0.6) is 0 Å². The first-order valence-corrected chi connectivity index (χ1v) is 7.02. The Hall–Kier alpha value is -2.21. The van der Waals surface area contributed by atoms with E-state index in [1.165, 1.54) is 0 Å². The van der Waals surface area contributed by atoms with Gasteiger partial charge in [0, 0.05) is 31.1 Å². The van der Waals surface area contributed by atoms with Gasteiger partial charge in [0.1, 0.15) is 5.56 Å². The van der Waals surface area contributed by atoms with E-state index in [-0.39, 0.29) is 12.0 Å². The fourth-order valence-electron chi connectivity index (χ4n) is 2.43. The van der Waals surface area contributed by atoms with Crippen LogP contribution in [0.4, 0.5) is 0 Å². The minimum atomic E-state index is -0.192. The molecule has 2 aromatic rings. The maximum Gasteiger partial charge on any atom is 0.257 e. The lowest BCUT2D eigenvalue weighted by atomic mass is 10.1. The predicted octanol–water partition coefficient (Wildman–Crippen LogP) is 1.95. The zero-order chi connectivity index (χ0) is 14.7. The summed E-state index contributed by atoms with van der Waals surface area (Å²) >= 11 is 0. The quantitative estimate of drug-likeness (QED) is 0.930. The molecule has 0 aromatic carbocycles. The molecule has 0 unspecified atom stereocenters. The molecule has 0 saturated carbocycles. The molecule has 1 saturated heterocycles. The van der Waals surface area contributed by atoms with Gasteiger partial charge in [0.05, 0.1) is 11.8 Å². The van der Waals surface area contributed by atoms with Crippen LogP contribution in [-0.4, -0.2) is 35.3 Å². The number of hydrogen-bond donors (Lipinski definition) is 1. The van der Waals surface area contributed by atoms with Gasteiger partial charge in [0.15, 0.2) is 5.76 Å². The molecule has 1 N–H and O–H groups in total. The number of aromatic nitrogens is 2. The average Bonchev–Trinajstić information content (AvgIpc) is 3.15. The van der Waals surface area contributed by atoms with Gasteiger partial charge in [-0.1, -0.05) is 5.16 Å². The van der Waals surface area contributed by atoms with E-state index < -0.39 is 0 Å². The van der Waals surface area contributed by atoms with E-state index in [0.29, 0.717) is 23.6 Å². The van der Waals surface area contributed by atoms with E-state index in [1.54, 1.807) is 25.4 Å². The Labute approximate surface area is 122 Å². The van der Waals surface area contributed by atoms with Crippen molar-refractivity contribution in [1.29, 1.82) is 0 Å². The van der Waals surface area contributed by atoms with Gasteiger partial charge in [0.2, 0.25) is 0 Å². The lowest BCUT2D eigenvalue weighted by molar-refractivity contribution is 0.0857. The van der Waals surface area contributed by atoms with E-state index in [2.05, 4.69) is 15.5 Å². The molecule has 3 rings (SSSR count). The van der Waals surface area contributed by atoms with Crippen LogP contribution < -0.4 is 5.32 Å². The fourth-order valence-corrected chi connectivity index (χ4v) is 2.43. The summed E-state index contributed by atoms with van der Waals surface area (Å²) in [6.45, 7) is 3.04. The number of ether oxygens (including phenoxy) is 1. The van der Waals surface area contributed by atoms with E-state index >= 15 is 0 Å². The van der Waals surface area contributed by atoms with Gasteiger partial charge in [-0.25, -0.2) is 0 Å². The second-order valence-electron chi connectivity index (χ2n) is 5.06. The number of carbonyl (C=O) groups excluding carboxylic acids is 1. The van der Waals surface area contributed by atoms with Crippen molar-refractivity contribution in [2.24, 2.45) is 0 Å². The van der Waals surface area contributed by atoms with Crippen LogP contribution in [0.15, 0.2) is 29.0 Å². The van der Waals surface area contributed by atoms with Crippen LogP contribution in [0, 0.1) is 6.92 Å². The van der Waals surface area contributed by atoms with Crippen LogP contribution in [0.2, 0.25) is 0 Å². The van der Waals surface area contributed by atoms with Crippen molar-refractivity contribution >= 4 is 5.91 Å². The van der Waals surface area contributed by atoms with Crippen LogP contribution in [0.3, 0.4) is 0 Å². The molecular weight excluding hydrogens is 270 g/mol. The van der Waals surface area contributed by atoms with Crippen molar-refractivity contribution < 1.29 is 14.1 Å². The molecule has 1 fully saturated rings. The number of amides is 1. The zero-order valence-electron chi connectivity index (χ0n) is 11.8. The molecule has 1 amide bonds. The topological polar surface area (TPSA) is 77.2 Å². The van der Waals surface area contributed by atoms with E-state index in [4.69, 9.17) is 9.26 Å². The zero-order valence-corrected chi connectivity index (χ0v) is 11.8. The van der Waals surface area contributed by atoms with Crippen LogP contribution in [0.1, 0.15) is 28.9 Å². The molecule has 1 aliphatic heterocycles. The summed E-state index contributed by atoms with van der Waals surface area (Å²) in [5, 5.41) is 6.79. The molecule has 0 radical (unpaired) electrons. The summed E-state index contributed by atoms with van der Waals surface area (Å²) in [6.07, 6.45) is 5.46. The highest BCUT2D eigenvalue weighted by Gasteiger charge is 2.23. The monoisotopic (exact) mass is 287 g/mol. The number of rotatable bonds is 4. The summed E-state index contributed by atoms with van der Waals surface area (Å²) in [6, 6.07) is 3.63. The number of pyridine rings is 1. The molecule has 0 bridgehead atoms. The van der Waals surface area contributed by atoms with Crippen LogP contribution in [0.25, 0.3) is 11.3 Å². The van der Waals surface area contributed by atoms with Crippen molar-refractivity contribution in [1.82, 2.24) is 15.5 Å². The van der Waals surface area contributed by atoms with Crippen molar-refractivity contribution in [2.45, 2.75) is 25.9 Å². The number of nitrogens with zero attached hydrogens (tertiary/aromatic N) is 2. The maximum atomic E-state index is 12.4. The molecule has 1 atom stereocenters. The molecule has 21 heavy (non-hydrogen) atoms. The van der Waals surface area contributed by atoms with Crippen LogP contribution >= 0.6 is 0 Å². The molecule has 6 nitrogen and oxygen atoms in total. The normalized spacial score (nSPS) is 17.9. The van der Waals surface area contributed by atoms with Crippen molar-refractivity contribution in [2.75, 3.05) is 13.2 Å². The molecule has 0 spiro atoms. The fraction of sp³-hybridized carbons (Fsp3) is 0.400. The van der Waals surface area contributed by atoms with E-state index in [9.17, 15) is 4.79 Å². The van der Waals surface area contributed by atoms with Gasteiger partial charge >= 0.3 is 0 Å². The lowest BCUT2D eigenvalue weighted by Gasteiger charge is -2.10. The van der Waals surface area contributed by atoms with Crippen LogP contribution in [-0.2, 0) is 4.74 Å². The standard InChI is InChI=1S/C15H17N3O3/c1-10-13(15(19)17-9-12-5-3-7-20-12)14(21-18-10)11-4-2-6-16-8-11/h2,4,6,8,12H,3,5,7,9H2,1H3,(H,17,19)/t12-/m1/s1. The van der Waals surface area contributed by atoms with Gasteiger partial charge in [-0.2, -0.15) is 0 Å². The Morgan fingerprint density at radius 2 is 2.43 bits per heavy atom. The summed E-state index contributed by atoms with van der Waals surface area (Å²) in [4.78, 5) is 16.4. The minimum absolute atomic E-state index is 0.107. The van der Waals surface area contributed by atoms with Gasteiger partial charge in [-0.05, 0) is 31.9 Å². The average molecular weight is 287 g/mol. The van der Waals surface area contributed by atoms with Gasteiger partial charge in [-0.15, -0.1) is 0 Å². The Bertz CT molecular complexity index is 618. The third-order valence-electron chi connectivity index (χ3n) is 3.53. The summed E-state index contributed by atoms with van der Waals surface area (Å²) in [7, 11) is 0. The lowest BCUT2D eigenvalue weighted by Crippen LogP contribution is -2.32. The maximum absolute atomic E-state index is 12.4. The van der Waals surface area contributed by atoms with Crippen molar-refractivity contribution in [3.05, 3.63) is 35.8 Å². The van der Waals surface area contributed by atoms with Crippen molar-refractivity contribution in [3.8, 4) is 11.3 Å². The summed E-state index contributed by atoms with van der Waals surface area (Å²) in [5.74, 6) is 0.258. The number of nitrogens with one attached hydrogen (secondary N) is 1. The second-order valence-corrected chi connectivity index (χ2v) is 5.06. The molecular formula is C15H17N3O3. The van der Waals surface area contributed by atoms with Crippen molar-refractivity contribution in [3.63, 3.8) is 0 Å². The predicted molar refractivity (Wildman–Crippen MR) is 75.8 cm³/mol. The first-order chi connectivity index (χ1) is 10.3. The van der Waals surface area contributed by atoms with E-state index in [1.807, 2.05) is 6.07 Å². The molecule has 3 heterocycles. The highest BCUT2D eigenvalue weighted by atomic mass is 16.5. The molecule has 6 heteroatoms. The number of aryl methyl sites for hydroxylation is 1. The molecule has 1 aliphatic rings. The third kappa shape index (κ3) is 2.95. The largest absolute Gasteiger partial charge is 0.376 e. The first kappa shape index (κ1) is 13.8. The number of hydrogen-bond acceptors (Lipinski definition) is 5. The molecule has 2 aromatic heterocycles. The highest BCUT2D eigenvalue weighted by Crippen LogP contribution is 2.25. The summed E-state index contributed by atoms with van der Waals surface area (Å²) < 4.78 is 10.8. The molecule has 110 valence electrons. The Balaban J connectivity index is 1.78. The first-order valence-electron chi connectivity index (χ1n) is 7.02. The second kappa shape index (κ2) is 6.05. The number of carbonyl (C=O) groups is 1. The SMILES string of the molecule is Cc1noc(-c2cccnc2)c1C(=O)NC[C@H]1CCCO1. The minimum Gasteiger partial charge on any atom is -0.376 e. The Morgan fingerprint density at radius 1 is 1.52 bits per heavy atom. The van der Waals surface area contributed by atoms with Gasteiger partial charge in [0.25, 0.3) is 5.91 Å². The van der Waals surface area contributed by atoms with Gasteiger partial charge < -0.3 is 14.6 Å². The van der Waals surface area contributed by atoms with Gasteiger partial charge in [-0.3, -0.25) is 9.78 Å². The smallest absolute Gasteiger partial charge is 0.257 e. The third-order valence-corrected chi connectivity index (χ3v) is 3.53. The van der Waals surface area contributed by atoms with E-state index in [0.717, 1.165) is 25.0 Å². The highest BCUT2D eigenvalue weighted by molar-refractivity contribution is 6.00. The molecule has 0 aliphatic carbocycles. The Kier molecular flexibility index (Phi) is 3.96. The Morgan fingerprint density at radius 3 is 3.14 bits per heavy atom.